The summed E-state index contributed by atoms with van der Waals surface area (Å²) >= 11 is 5.37. The number of rotatable bonds is 3. The number of nitrogens with zero attached hydrogens (tertiary/aromatic N) is 1. The van der Waals surface area contributed by atoms with E-state index in [2.05, 4.69) is 56.1 Å². The van der Waals surface area contributed by atoms with Crippen molar-refractivity contribution in [2.75, 3.05) is 18.4 Å². The molecule has 1 aromatic carbocycles. The lowest BCUT2D eigenvalue weighted by Gasteiger charge is -2.23. The van der Waals surface area contributed by atoms with Gasteiger partial charge in [0.15, 0.2) is 5.11 Å². The van der Waals surface area contributed by atoms with E-state index in [4.69, 9.17) is 12.2 Å². The SMILES string of the molecule is CCN(CC)C(=S)Nc1cc(C)ccc1C. The van der Waals surface area contributed by atoms with Gasteiger partial charge in [-0.1, -0.05) is 12.1 Å². The molecule has 88 valence electrons. The van der Waals surface area contributed by atoms with Crippen LogP contribution in [0.4, 0.5) is 5.69 Å². The molecule has 0 aromatic heterocycles. The van der Waals surface area contributed by atoms with Gasteiger partial charge in [0.05, 0.1) is 0 Å². The lowest BCUT2D eigenvalue weighted by atomic mass is 10.1. The fourth-order valence-electron chi connectivity index (χ4n) is 1.58. The molecule has 3 heteroatoms. The Morgan fingerprint density at radius 1 is 1.25 bits per heavy atom. The zero-order chi connectivity index (χ0) is 12.1. The van der Waals surface area contributed by atoms with Gasteiger partial charge >= 0.3 is 0 Å². The number of hydrogen-bond donors (Lipinski definition) is 1. The molecule has 0 heterocycles. The van der Waals surface area contributed by atoms with Crippen LogP contribution in [-0.2, 0) is 0 Å². The van der Waals surface area contributed by atoms with E-state index in [-0.39, 0.29) is 0 Å². The van der Waals surface area contributed by atoms with Crippen LogP contribution in [-0.4, -0.2) is 23.1 Å². The molecule has 1 N–H and O–H groups in total. The molecule has 0 radical (unpaired) electrons. The quantitative estimate of drug-likeness (QED) is 0.810. The Labute approximate surface area is 104 Å². The normalized spacial score (nSPS) is 10.0. The van der Waals surface area contributed by atoms with Gasteiger partial charge in [-0.15, -0.1) is 0 Å². The van der Waals surface area contributed by atoms with Crippen LogP contribution >= 0.6 is 12.2 Å². The summed E-state index contributed by atoms with van der Waals surface area (Å²) in [6.45, 7) is 10.3. The minimum absolute atomic E-state index is 0.804. The first-order valence-corrected chi connectivity index (χ1v) is 6.12. The highest BCUT2D eigenvalue weighted by Gasteiger charge is 2.06. The van der Waals surface area contributed by atoms with Gasteiger partial charge < -0.3 is 10.2 Å². The lowest BCUT2D eigenvalue weighted by molar-refractivity contribution is 0.473. The molecular formula is C13H20N2S. The fourth-order valence-corrected chi connectivity index (χ4v) is 1.94. The molecule has 0 unspecified atom stereocenters. The average Bonchev–Trinajstić information content (AvgIpc) is 2.25. The third-order valence-electron chi connectivity index (χ3n) is 2.69. The van der Waals surface area contributed by atoms with Gasteiger partial charge in [-0.2, -0.15) is 0 Å². The molecule has 16 heavy (non-hydrogen) atoms. The summed E-state index contributed by atoms with van der Waals surface area (Å²) in [7, 11) is 0. The average molecular weight is 236 g/mol. The molecule has 0 amide bonds. The topological polar surface area (TPSA) is 15.3 Å². The Hall–Kier alpha value is -1.09. The predicted octanol–water partition coefficient (Wildman–Crippen LogP) is 3.34. The van der Waals surface area contributed by atoms with E-state index < -0.39 is 0 Å². The molecule has 0 bridgehead atoms. The van der Waals surface area contributed by atoms with Gasteiger partial charge in [0.1, 0.15) is 0 Å². The van der Waals surface area contributed by atoms with Gasteiger partial charge in [-0.25, -0.2) is 0 Å². The Kier molecular flexibility index (Phi) is 4.74. The second kappa shape index (κ2) is 5.85. The Bertz CT molecular complexity index is 370. The van der Waals surface area contributed by atoms with E-state index in [1.807, 2.05) is 0 Å². The second-order valence-corrected chi connectivity index (χ2v) is 4.31. The molecule has 0 saturated heterocycles. The molecule has 0 saturated carbocycles. The highest BCUT2D eigenvalue weighted by Crippen LogP contribution is 2.16. The molecule has 0 aliphatic carbocycles. The van der Waals surface area contributed by atoms with Gasteiger partial charge in [0, 0.05) is 18.8 Å². The summed E-state index contributed by atoms with van der Waals surface area (Å²) in [5.41, 5.74) is 3.58. The van der Waals surface area contributed by atoms with Gasteiger partial charge in [0.2, 0.25) is 0 Å². The van der Waals surface area contributed by atoms with Crippen molar-refractivity contribution in [3.63, 3.8) is 0 Å². The van der Waals surface area contributed by atoms with Crippen LogP contribution in [0.2, 0.25) is 0 Å². The van der Waals surface area contributed by atoms with Crippen molar-refractivity contribution in [3.8, 4) is 0 Å². The summed E-state index contributed by atoms with van der Waals surface area (Å²) in [6.07, 6.45) is 0. The van der Waals surface area contributed by atoms with Crippen LogP contribution in [0.15, 0.2) is 18.2 Å². The summed E-state index contributed by atoms with van der Waals surface area (Å²) in [5, 5.41) is 4.11. The van der Waals surface area contributed by atoms with Gasteiger partial charge in [0.25, 0.3) is 0 Å². The predicted molar refractivity (Wildman–Crippen MR) is 75.1 cm³/mol. The number of thiocarbonyl (C=S) groups is 1. The van der Waals surface area contributed by atoms with Crippen LogP contribution in [0.3, 0.4) is 0 Å². The van der Waals surface area contributed by atoms with E-state index in [1.165, 1.54) is 11.1 Å². The van der Waals surface area contributed by atoms with Gasteiger partial charge in [-0.05, 0) is 57.1 Å². The first-order chi connectivity index (χ1) is 7.58. The summed E-state index contributed by atoms with van der Waals surface area (Å²) in [4.78, 5) is 2.14. The van der Waals surface area contributed by atoms with Crippen molar-refractivity contribution < 1.29 is 0 Å². The Morgan fingerprint density at radius 3 is 2.44 bits per heavy atom. The summed E-state index contributed by atoms with van der Waals surface area (Å²) in [5.74, 6) is 0. The van der Waals surface area contributed by atoms with Crippen molar-refractivity contribution in [2.45, 2.75) is 27.7 Å². The van der Waals surface area contributed by atoms with E-state index >= 15 is 0 Å². The first kappa shape index (κ1) is 13.0. The molecule has 1 rings (SSSR count). The fraction of sp³-hybridized carbons (Fsp3) is 0.462. The highest BCUT2D eigenvalue weighted by molar-refractivity contribution is 7.80. The molecule has 1 aromatic rings. The van der Waals surface area contributed by atoms with Crippen LogP contribution in [0.25, 0.3) is 0 Å². The van der Waals surface area contributed by atoms with E-state index in [9.17, 15) is 0 Å². The summed E-state index contributed by atoms with van der Waals surface area (Å²) in [6, 6.07) is 6.36. The maximum absolute atomic E-state index is 5.37. The van der Waals surface area contributed by atoms with Crippen LogP contribution in [0, 0.1) is 13.8 Å². The molecule has 0 fully saturated rings. The number of anilines is 1. The van der Waals surface area contributed by atoms with E-state index in [0.717, 1.165) is 23.9 Å². The molecule has 0 aliphatic heterocycles. The standard InChI is InChI=1S/C13H20N2S/c1-5-15(6-2)13(16)14-12-9-10(3)7-8-11(12)4/h7-9H,5-6H2,1-4H3,(H,14,16). The largest absolute Gasteiger partial charge is 0.350 e. The third kappa shape index (κ3) is 3.20. The minimum atomic E-state index is 0.804. The summed E-state index contributed by atoms with van der Waals surface area (Å²) < 4.78 is 0. The smallest absolute Gasteiger partial charge is 0.173 e. The minimum Gasteiger partial charge on any atom is -0.350 e. The third-order valence-corrected chi connectivity index (χ3v) is 3.05. The number of hydrogen-bond acceptors (Lipinski definition) is 1. The first-order valence-electron chi connectivity index (χ1n) is 5.71. The number of aryl methyl sites for hydroxylation is 2. The molecule has 0 atom stereocenters. The monoisotopic (exact) mass is 236 g/mol. The van der Waals surface area contributed by atoms with E-state index in [0.29, 0.717) is 0 Å². The Morgan fingerprint density at radius 2 is 1.88 bits per heavy atom. The zero-order valence-electron chi connectivity index (χ0n) is 10.5. The van der Waals surface area contributed by atoms with E-state index in [1.54, 1.807) is 0 Å². The van der Waals surface area contributed by atoms with Gasteiger partial charge in [-0.3, -0.25) is 0 Å². The van der Waals surface area contributed by atoms with Crippen LogP contribution in [0.5, 0.6) is 0 Å². The van der Waals surface area contributed by atoms with Crippen molar-refractivity contribution in [2.24, 2.45) is 0 Å². The van der Waals surface area contributed by atoms with Crippen LogP contribution in [0.1, 0.15) is 25.0 Å². The second-order valence-electron chi connectivity index (χ2n) is 3.92. The molecule has 0 spiro atoms. The molecular weight excluding hydrogens is 216 g/mol. The van der Waals surface area contributed by atoms with Crippen LogP contribution < -0.4 is 5.32 Å². The van der Waals surface area contributed by atoms with Crippen molar-refractivity contribution in [1.82, 2.24) is 4.90 Å². The zero-order valence-corrected chi connectivity index (χ0v) is 11.3. The lowest BCUT2D eigenvalue weighted by Crippen LogP contribution is -2.34. The Balaban J connectivity index is 2.80. The maximum Gasteiger partial charge on any atom is 0.173 e. The van der Waals surface area contributed by atoms with Crippen molar-refractivity contribution in [3.05, 3.63) is 29.3 Å². The molecule has 0 aliphatic rings. The maximum atomic E-state index is 5.37. The van der Waals surface area contributed by atoms with Crippen molar-refractivity contribution in [1.29, 1.82) is 0 Å². The number of nitrogens with one attached hydrogen (secondary N) is 1. The van der Waals surface area contributed by atoms with Crippen molar-refractivity contribution >= 4 is 23.0 Å². The molecule has 2 nitrogen and oxygen atoms in total. The number of benzene rings is 1. The highest BCUT2D eigenvalue weighted by atomic mass is 32.1.